The highest BCUT2D eigenvalue weighted by Gasteiger charge is 2.38. The molecule has 0 aromatic heterocycles. The molecule has 1 aromatic rings. The summed E-state index contributed by atoms with van der Waals surface area (Å²) in [7, 11) is 0. The second kappa shape index (κ2) is 7.62. The molecule has 2 amide bonds. The second-order valence-electron chi connectivity index (χ2n) is 5.24. The fourth-order valence-corrected chi connectivity index (χ4v) is 2.68. The number of carbonyl (C=O) groups is 3. The summed E-state index contributed by atoms with van der Waals surface area (Å²) in [5.41, 5.74) is 0.585. The first-order valence-electron chi connectivity index (χ1n) is 7.56. The van der Waals surface area contributed by atoms with E-state index in [0.29, 0.717) is 24.9 Å². The Balaban J connectivity index is 2.24. The summed E-state index contributed by atoms with van der Waals surface area (Å²) in [4.78, 5) is 37.1. The SMILES string of the molecule is CCOC(=O)NC(C(=O)N1CCC[C@H]1C(=O)O)c1ccccc1. The Morgan fingerprint density at radius 3 is 2.65 bits per heavy atom. The Kier molecular flexibility index (Phi) is 5.56. The third-order valence-corrected chi connectivity index (χ3v) is 3.74. The number of ether oxygens (including phenoxy) is 1. The first kappa shape index (κ1) is 16.8. The summed E-state index contributed by atoms with van der Waals surface area (Å²) in [6, 6.07) is 6.90. The predicted molar refractivity (Wildman–Crippen MR) is 81.7 cm³/mol. The monoisotopic (exact) mass is 320 g/mol. The number of benzene rings is 1. The average molecular weight is 320 g/mol. The zero-order valence-electron chi connectivity index (χ0n) is 12.9. The number of hydrogen-bond donors (Lipinski definition) is 2. The van der Waals surface area contributed by atoms with Crippen molar-refractivity contribution in [2.24, 2.45) is 0 Å². The molecule has 124 valence electrons. The van der Waals surface area contributed by atoms with Gasteiger partial charge in [-0.1, -0.05) is 30.3 Å². The number of carbonyl (C=O) groups excluding carboxylic acids is 2. The lowest BCUT2D eigenvalue weighted by Gasteiger charge is -2.27. The molecule has 0 saturated carbocycles. The van der Waals surface area contributed by atoms with E-state index < -0.39 is 30.1 Å². The lowest BCUT2D eigenvalue weighted by molar-refractivity contribution is -0.149. The van der Waals surface area contributed by atoms with E-state index in [0.717, 1.165) is 0 Å². The Morgan fingerprint density at radius 2 is 2.04 bits per heavy atom. The maximum absolute atomic E-state index is 12.8. The summed E-state index contributed by atoms with van der Waals surface area (Å²) in [6.07, 6.45) is 0.340. The van der Waals surface area contributed by atoms with Crippen LogP contribution >= 0.6 is 0 Å². The minimum absolute atomic E-state index is 0.184. The highest BCUT2D eigenvalue weighted by atomic mass is 16.5. The molecule has 0 spiro atoms. The van der Waals surface area contributed by atoms with Crippen molar-refractivity contribution in [2.75, 3.05) is 13.2 Å². The van der Waals surface area contributed by atoms with Crippen LogP contribution in [0.5, 0.6) is 0 Å². The molecule has 1 aliphatic rings. The van der Waals surface area contributed by atoms with Crippen LogP contribution in [0.15, 0.2) is 30.3 Å². The van der Waals surface area contributed by atoms with E-state index in [1.165, 1.54) is 4.90 Å². The Bertz CT molecular complexity index is 575. The maximum Gasteiger partial charge on any atom is 0.408 e. The predicted octanol–water partition coefficient (Wildman–Crippen LogP) is 1.55. The standard InChI is InChI=1S/C16H20N2O5/c1-2-23-16(22)17-13(11-7-4-3-5-8-11)14(19)18-10-6-9-12(18)15(20)21/h3-5,7-8,12-13H,2,6,9-10H2,1H3,(H,17,22)(H,20,21)/t12-,13?/m0/s1. The fraction of sp³-hybridized carbons (Fsp3) is 0.438. The molecule has 2 rings (SSSR count). The number of likely N-dealkylation sites (tertiary alicyclic amines) is 1. The molecule has 7 heteroatoms. The summed E-state index contributed by atoms with van der Waals surface area (Å²) in [5, 5.41) is 11.8. The van der Waals surface area contributed by atoms with E-state index in [4.69, 9.17) is 4.74 Å². The maximum atomic E-state index is 12.8. The van der Waals surface area contributed by atoms with Crippen LogP contribution in [0.1, 0.15) is 31.4 Å². The average Bonchev–Trinajstić information content (AvgIpc) is 3.03. The molecule has 2 N–H and O–H groups in total. The van der Waals surface area contributed by atoms with Crippen molar-refractivity contribution < 1.29 is 24.2 Å². The van der Waals surface area contributed by atoms with Crippen molar-refractivity contribution >= 4 is 18.0 Å². The van der Waals surface area contributed by atoms with Crippen molar-refractivity contribution in [3.8, 4) is 0 Å². The third kappa shape index (κ3) is 4.00. The fourth-order valence-electron chi connectivity index (χ4n) is 2.68. The zero-order chi connectivity index (χ0) is 16.8. The number of amides is 2. The minimum atomic E-state index is -1.03. The first-order chi connectivity index (χ1) is 11.0. The lowest BCUT2D eigenvalue weighted by Crippen LogP contribution is -2.47. The van der Waals surface area contributed by atoms with Gasteiger partial charge in [-0.2, -0.15) is 0 Å². The van der Waals surface area contributed by atoms with E-state index >= 15 is 0 Å². The Morgan fingerprint density at radius 1 is 1.35 bits per heavy atom. The van der Waals surface area contributed by atoms with Gasteiger partial charge in [-0.05, 0) is 25.3 Å². The van der Waals surface area contributed by atoms with Gasteiger partial charge in [-0.15, -0.1) is 0 Å². The van der Waals surface area contributed by atoms with Gasteiger partial charge in [0.05, 0.1) is 6.61 Å². The number of alkyl carbamates (subject to hydrolysis) is 1. The largest absolute Gasteiger partial charge is 0.480 e. The van der Waals surface area contributed by atoms with Crippen LogP contribution in [0.3, 0.4) is 0 Å². The lowest BCUT2D eigenvalue weighted by atomic mass is 10.1. The van der Waals surface area contributed by atoms with Crippen LogP contribution in [-0.2, 0) is 14.3 Å². The van der Waals surface area contributed by atoms with Gasteiger partial charge in [-0.3, -0.25) is 4.79 Å². The van der Waals surface area contributed by atoms with Crippen LogP contribution in [0.25, 0.3) is 0 Å². The van der Waals surface area contributed by atoms with Gasteiger partial charge in [0, 0.05) is 6.54 Å². The number of nitrogens with one attached hydrogen (secondary N) is 1. The molecule has 1 fully saturated rings. The van der Waals surface area contributed by atoms with Crippen molar-refractivity contribution in [3.63, 3.8) is 0 Å². The third-order valence-electron chi connectivity index (χ3n) is 3.74. The van der Waals surface area contributed by atoms with Crippen LogP contribution in [0, 0.1) is 0 Å². The summed E-state index contributed by atoms with van der Waals surface area (Å²) in [6.45, 7) is 2.21. The van der Waals surface area contributed by atoms with Crippen LogP contribution in [0.2, 0.25) is 0 Å². The van der Waals surface area contributed by atoms with E-state index in [1.807, 2.05) is 0 Å². The molecule has 7 nitrogen and oxygen atoms in total. The van der Waals surface area contributed by atoms with Crippen molar-refractivity contribution in [1.82, 2.24) is 10.2 Å². The number of carboxylic acids is 1. The van der Waals surface area contributed by atoms with E-state index in [1.54, 1.807) is 37.3 Å². The minimum Gasteiger partial charge on any atom is -0.480 e. The van der Waals surface area contributed by atoms with Crippen molar-refractivity contribution in [1.29, 1.82) is 0 Å². The van der Waals surface area contributed by atoms with Crippen LogP contribution in [0.4, 0.5) is 4.79 Å². The summed E-state index contributed by atoms with van der Waals surface area (Å²) >= 11 is 0. The summed E-state index contributed by atoms with van der Waals surface area (Å²) < 4.78 is 4.84. The molecular formula is C16H20N2O5. The zero-order valence-corrected chi connectivity index (χ0v) is 12.9. The Labute approximate surface area is 134 Å². The molecule has 1 heterocycles. The van der Waals surface area contributed by atoms with Gasteiger partial charge < -0.3 is 20.1 Å². The molecule has 1 saturated heterocycles. The van der Waals surface area contributed by atoms with Gasteiger partial charge >= 0.3 is 12.1 Å². The van der Waals surface area contributed by atoms with Gasteiger partial charge in [0.15, 0.2) is 0 Å². The van der Waals surface area contributed by atoms with Gasteiger partial charge in [0.2, 0.25) is 0 Å². The van der Waals surface area contributed by atoms with Crippen molar-refractivity contribution in [2.45, 2.75) is 31.8 Å². The Hall–Kier alpha value is -2.57. The number of aliphatic carboxylic acids is 1. The molecule has 1 unspecified atom stereocenters. The molecule has 0 aliphatic carbocycles. The molecule has 1 aliphatic heterocycles. The number of nitrogens with zero attached hydrogens (tertiary/aromatic N) is 1. The number of hydrogen-bond acceptors (Lipinski definition) is 4. The summed E-state index contributed by atoms with van der Waals surface area (Å²) in [5.74, 6) is -1.46. The first-order valence-corrected chi connectivity index (χ1v) is 7.56. The van der Waals surface area contributed by atoms with Gasteiger partial charge in [0.1, 0.15) is 12.1 Å². The molecule has 1 aromatic carbocycles. The second-order valence-corrected chi connectivity index (χ2v) is 5.24. The molecular weight excluding hydrogens is 300 g/mol. The normalized spacial score (nSPS) is 18.3. The van der Waals surface area contributed by atoms with E-state index in [2.05, 4.69) is 5.32 Å². The van der Waals surface area contributed by atoms with E-state index in [-0.39, 0.29) is 6.61 Å². The quantitative estimate of drug-likeness (QED) is 0.858. The van der Waals surface area contributed by atoms with Crippen LogP contribution < -0.4 is 5.32 Å². The molecule has 2 atom stereocenters. The number of carboxylic acid groups (broad SMARTS) is 1. The highest BCUT2D eigenvalue weighted by Crippen LogP contribution is 2.24. The molecule has 0 bridgehead atoms. The van der Waals surface area contributed by atoms with Crippen molar-refractivity contribution in [3.05, 3.63) is 35.9 Å². The van der Waals surface area contributed by atoms with Gasteiger partial charge in [-0.25, -0.2) is 9.59 Å². The molecule has 0 radical (unpaired) electrons. The smallest absolute Gasteiger partial charge is 0.408 e. The topological polar surface area (TPSA) is 95.9 Å². The number of rotatable bonds is 5. The van der Waals surface area contributed by atoms with Crippen LogP contribution in [-0.4, -0.2) is 47.2 Å². The molecule has 23 heavy (non-hydrogen) atoms. The van der Waals surface area contributed by atoms with E-state index in [9.17, 15) is 19.5 Å². The van der Waals surface area contributed by atoms with Gasteiger partial charge in [0.25, 0.3) is 5.91 Å². The highest BCUT2D eigenvalue weighted by molar-refractivity contribution is 5.90.